The van der Waals surface area contributed by atoms with Crippen molar-refractivity contribution in [3.8, 4) is 16.9 Å². The van der Waals surface area contributed by atoms with Gasteiger partial charge in [0.15, 0.2) is 34.7 Å². The Labute approximate surface area is 224 Å². The smallest absolute Gasteiger partial charge is 0.235 e. The van der Waals surface area contributed by atoms with Crippen LogP contribution in [0.2, 0.25) is 0 Å². The molecule has 1 aromatic carbocycles. The third-order valence-corrected chi connectivity index (χ3v) is 8.51. The quantitative estimate of drug-likeness (QED) is 0.453. The first kappa shape index (κ1) is 26.6. The maximum atomic E-state index is 14.1. The number of primary amides is 1. The highest BCUT2D eigenvalue weighted by molar-refractivity contribution is 6.32. The minimum absolute atomic E-state index is 0.00360. The number of hydrogen-bond donors (Lipinski definition) is 3. The number of aliphatic hydroxyl groups is 1. The molecule has 2 saturated carbocycles. The largest absolute Gasteiger partial charge is 0.507 e. The Morgan fingerprint density at radius 3 is 2.28 bits per heavy atom. The molecular formula is C28H30N4O7. The molecule has 1 heterocycles. The molecule has 4 N–H and O–H groups in total. The molecule has 1 amide bonds. The van der Waals surface area contributed by atoms with E-state index in [4.69, 9.17) is 5.73 Å². The molecule has 0 bridgehead atoms. The molecule has 5 rings (SSSR count). The van der Waals surface area contributed by atoms with Gasteiger partial charge in [-0.2, -0.15) is 0 Å². The molecule has 2 aromatic rings. The Morgan fingerprint density at radius 2 is 1.72 bits per heavy atom. The van der Waals surface area contributed by atoms with Crippen LogP contribution in [0.3, 0.4) is 0 Å². The van der Waals surface area contributed by atoms with E-state index in [9.17, 15) is 34.2 Å². The van der Waals surface area contributed by atoms with Crippen LogP contribution in [0.1, 0.15) is 22.3 Å². The molecule has 11 heteroatoms. The van der Waals surface area contributed by atoms with Crippen LogP contribution in [0.25, 0.3) is 11.1 Å². The van der Waals surface area contributed by atoms with Crippen LogP contribution in [0.4, 0.5) is 5.69 Å². The predicted molar refractivity (Wildman–Crippen MR) is 139 cm³/mol. The summed E-state index contributed by atoms with van der Waals surface area (Å²) in [7, 11) is 6.71. The minimum atomic E-state index is -2.75. The van der Waals surface area contributed by atoms with Crippen molar-refractivity contribution in [2.75, 3.05) is 33.1 Å². The second-order valence-electron chi connectivity index (χ2n) is 11.1. The lowest BCUT2D eigenvalue weighted by atomic mass is 9.52. The molecular weight excluding hydrogens is 504 g/mol. The number of likely N-dealkylation sites (N-methyl/N-ethyl adjacent to an activating group) is 1. The van der Waals surface area contributed by atoms with Gasteiger partial charge in [0.05, 0.1) is 17.5 Å². The van der Waals surface area contributed by atoms with Crippen LogP contribution in [0.5, 0.6) is 5.75 Å². The number of benzene rings is 1. The number of ketones is 4. The Kier molecular flexibility index (Phi) is 6.19. The van der Waals surface area contributed by atoms with Crippen molar-refractivity contribution >= 4 is 34.7 Å². The van der Waals surface area contributed by atoms with Crippen molar-refractivity contribution in [1.29, 1.82) is 0 Å². The zero-order valence-electron chi connectivity index (χ0n) is 22.0. The first-order chi connectivity index (χ1) is 18.3. The Balaban J connectivity index is 1.69. The molecule has 0 spiro atoms. The van der Waals surface area contributed by atoms with Crippen molar-refractivity contribution in [1.82, 2.24) is 9.88 Å². The molecule has 204 valence electrons. The lowest BCUT2D eigenvalue weighted by Crippen LogP contribution is -2.74. The van der Waals surface area contributed by atoms with Gasteiger partial charge in [-0.1, -0.05) is 0 Å². The number of phenolic OH excluding ortho intramolecular Hbond substituents is 1. The van der Waals surface area contributed by atoms with Crippen molar-refractivity contribution < 1.29 is 34.2 Å². The minimum Gasteiger partial charge on any atom is -0.507 e. The molecule has 3 unspecified atom stereocenters. The number of carbonyl (C=O) groups is 5. The second kappa shape index (κ2) is 9.06. The number of hydrogen-bond acceptors (Lipinski definition) is 10. The number of aromatic hydroxyl groups is 1. The standard InChI is InChI=1S/C28H30N4O7/c1-31(2)17-11-14(12-5-7-30-8-6-12)22(33)19-15(17)9-13-10-16-21(32(3)4)24(35)20(27(29)38)26(37)28(16,39)25(36)18(13)23(19)34/h5-8,11,13,16,18,20-21,33,39H,9-10H2,1-4H3,(H2,29,38)/t13-,16-,18?,20?,21-,28?/m0/s1. The molecule has 39 heavy (non-hydrogen) atoms. The van der Waals surface area contributed by atoms with E-state index in [-0.39, 0.29) is 24.2 Å². The van der Waals surface area contributed by atoms with Crippen LogP contribution in [-0.2, 0) is 25.6 Å². The van der Waals surface area contributed by atoms with Crippen LogP contribution >= 0.6 is 0 Å². The summed E-state index contributed by atoms with van der Waals surface area (Å²) in [4.78, 5) is 74.1. The fourth-order valence-electron chi connectivity index (χ4n) is 6.80. The van der Waals surface area contributed by atoms with Gasteiger partial charge in [0, 0.05) is 43.7 Å². The van der Waals surface area contributed by atoms with E-state index in [0.717, 1.165) is 0 Å². The number of carbonyl (C=O) groups excluding carboxylic acids is 5. The number of nitrogens with two attached hydrogens (primary N) is 1. The van der Waals surface area contributed by atoms with Gasteiger partial charge in [-0.3, -0.25) is 33.9 Å². The van der Waals surface area contributed by atoms with E-state index in [2.05, 4.69) is 4.98 Å². The van der Waals surface area contributed by atoms with Gasteiger partial charge >= 0.3 is 0 Å². The van der Waals surface area contributed by atoms with E-state index in [1.807, 2.05) is 4.90 Å². The number of nitrogens with zero attached hydrogens (tertiary/aromatic N) is 3. The van der Waals surface area contributed by atoms with E-state index in [1.54, 1.807) is 58.8 Å². The van der Waals surface area contributed by atoms with Crippen LogP contribution < -0.4 is 10.6 Å². The van der Waals surface area contributed by atoms with Crippen molar-refractivity contribution in [3.63, 3.8) is 0 Å². The lowest BCUT2D eigenvalue weighted by Gasteiger charge is -2.52. The fraction of sp³-hybridized carbons (Fsp3) is 0.429. The summed E-state index contributed by atoms with van der Waals surface area (Å²) in [6, 6.07) is 3.99. The maximum Gasteiger partial charge on any atom is 0.235 e. The first-order valence-electron chi connectivity index (χ1n) is 12.6. The average Bonchev–Trinajstić information content (AvgIpc) is 2.86. The summed E-state index contributed by atoms with van der Waals surface area (Å²) >= 11 is 0. The average molecular weight is 535 g/mol. The molecule has 11 nitrogen and oxygen atoms in total. The molecule has 0 aliphatic heterocycles. The SMILES string of the molecule is CN(C)c1cc(-c2ccncc2)c(O)c2c1C[C@H]1C[C@H]3[C@H](N(C)C)C(=O)C(C(N)=O)C(=O)C3(O)C(=O)C1C2=O. The Morgan fingerprint density at radius 1 is 1.08 bits per heavy atom. The predicted octanol–water partition coefficient (Wildman–Crippen LogP) is -0.00500. The summed E-state index contributed by atoms with van der Waals surface area (Å²) in [5.41, 5.74) is 4.76. The Hall–Kier alpha value is -3.96. The zero-order chi connectivity index (χ0) is 28.5. The van der Waals surface area contributed by atoms with E-state index >= 15 is 0 Å². The highest BCUT2D eigenvalue weighted by atomic mass is 16.3. The first-order valence-corrected chi connectivity index (χ1v) is 12.6. The van der Waals surface area contributed by atoms with Gasteiger partial charge in [-0.05, 0) is 62.2 Å². The zero-order valence-corrected chi connectivity index (χ0v) is 22.0. The Bertz CT molecular complexity index is 1440. The van der Waals surface area contributed by atoms with E-state index in [1.165, 1.54) is 4.90 Å². The third-order valence-electron chi connectivity index (χ3n) is 8.51. The summed E-state index contributed by atoms with van der Waals surface area (Å²) in [6.07, 6.45) is 3.30. The maximum absolute atomic E-state index is 14.1. The molecule has 0 radical (unpaired) electrons. The number of rotatable bonds is 4. The number of fused-ring (bicyclic) bond motifs is 3. The summed E-state index contributed by atoms with van der Waals surface area (Å²) in [6.45, 7) is 0. The number of Topliss-reactive ketones (excluding diaryl/α,β-unsaturated/α-hetero) is 4. The van der Waals surface area contributed by atoms with E-state index < -0.39 is 64.4 Å². The molecule has 2 fully saturated rings. The topological polar surface area (TPSA) is 171 Å². The van der Waals surface area contributed by atoms with Crippen LogP contribution in [-0.4, -0.2) is 89.0 Å². The number of amides is 1. The summed E-state index contributed by atoms with van der Waals surface area (Å²) < 4.78 is 0. The summed E-state index contributed by atoms with van der Waals surface area (Å²) in [5.74, 6) is -10.6. The highest BCUT2D eigenvalue weighted by Gasteiger charge is 2.69. The number of aromatic nitrogens is 1. The number of anilines is 1. The van der Waals surface area contributed by atoms with Gasteiger partial charge in [-0.15, -0.1) is 0 Å². The second-order valence-corrected chi connectivity index (χ2v) is 11.1. The monoisotopic (exact) mass is 534 g/mol. The molecule has 0 saturated heterocycles. The van der Waals surface area contributed by atoms with Gasteiger partial charge in [-0.25, -0.2) is 0 Å². The summed E-state index contributed by atoms with van der Waals surface area (Å²) in [5, 5.41) is 23.1. The third kappa shape index (κ3) is 3.64. The van der Waals surface area contributed by atoms with Crippen molar-refractivity contribution in [2.45, 2.75) is 24.5 Å². The lowest BCUT2D eigenvalue weighted by molar-refractivity contribution is -0.181. The van der Waals surface area contributed by atoms with Crippen molar-refractivity contribution in [2.24, 2.45) is 29.4 Å². The van der Waals surface area contributed by atoms with Gasteiger partial charge in [0.1, 0.15) is 5.75 Å². The van der Waals surface area contributed by atoms with Crippen LogP contribution in [0, 0.1) is 23.7 Å². The molecule has 3 aliphatic rings. The normalized spacial score (nSPS) is 30.1. The van der Waals surface area contributed by atoms with Gasteiger partial charge < -0.3 is 20.8 Å². The molecule has 1 aromatic heterocycles. The van der Waals surface area contributed by atoms with Crippen LogP contribution in [0.15, 0.2) is 30.6 Å². The highest BCUT2D eigenvalue weighted by Crippen LogP contribution is 2.53. The fourth-order valence-corrected chi connectivity index (χ4v) is 6.80. The number of pyridine rings is 1. The van der Waals surface area contributed by atoms with Gasteiger partial charge in [0.25, 0.3) is 0 Å². The van der Waals surface area contributed by atoms with Gasteiger partial charge in [0.2, 0.25) is 5.91 Å². The number of phenols is 1. The molecule has 3 aliphatic carbocycles. The van der Waals surface area contributed by atoms with E-state index in [0.29, 0.717) is 22.4 Å². The van der Waals surface area contributed by atoms with Crippen molar-refractivity contribution in [3.05, 3.63) is 41.7 Å². The molecule has 6 atom stereocenters.